The molecule has 0 aromatic rings. The van der Waals surface area contributed by atoms with Crippen molar-refractivity contribution in [1.29, 1.82) is 0 Å². The number of amides is 3. The molecule has 11 nitrogen and oxygen atoms in total. The van der Waals surface area contributed by atoms with Gasteiger partial charge in [-0.15, -0.1) is 0 Å². The van der Waals surface area contributed by atoms with Gasteiger partial charge in [-0.2, -0.15) is 0 Å². The number of carbonyl (C=O) groups is 5. The predicted octanol–water partition coefficient (Wildman–Crippen LogP) is -1.59. The van der Waals surface area contributed by atoms with Gasteiger partial charge in [-0.3, -0.25) is 24.0 Å². The summed E-state index contributed by atoms with van der Waals surface area (Å²) in [6.07, 6.45) is -0.517. The summed E-state index contributed by atoms with van der Waals surface area (Å²) in [5.41, 5.74) is 5.47. The molecule has 0 aliphatic rings. The van der Waals surface area contributed by atoms with Crippen molar-refractivity contribution >= 4 is 29.7 Å². The number of carbonyl (C=O) groups excluding carboxylic acids is 3. The van der Waals surface area contributed by atoms with Crippen LogP contribution in [-0.4, -0.2) is 64.0 Å². The molecule has 0 heterocycles. The number of carboxylic acid groups (broad SMARTS) is 2. The molecule has 0 aliphatic carbocycles. The van der Waals surface area contributed by atoms with Gasteiger partial charge in [0.05, 0.1) is 12.5 Å². The molecular weight excluding hydrogens is 360 g/mol. The van der Waals surface area contributed by atoms with Crippen LogP contribution in [0.25, 0.3) is 0 Å². The third kappa shape index (κ3) is 9.54. The van der Waals surface area contributed by atoms with Crippen molar-refractivity contribution in [1.82, 2.24) is 16.0 Å². The Labute approximate surface area is 157 Å². The van der Waals surface area contributed by atoms with Gasteiger partial charge in [0.2, 0.25) is 17.7 Å². The van der Waals surface area contributed by atoms with E-state index in [9.17, 15) is 24.0 Å². The first-order valence-electron chi connectivity index (χ1n) is 8.46. The summed E-state index contributed by atoms with van der Waals surface area (Å²) in [4.78, 5) is 58.3. The Balaban J connectivity index is 5.29. The average Bonchev–Trinajstić information content (AvgIpc) is 2.51. The van der Waals surface area contributed by atoms with Crippen LogP contribution in [0.2, 0.25) is 0 Å². The number of rotatable bonds is 11. The molecule has 154 valence electrons. The van der Waals surface area contributed by atoms with E-state index in [1.54, 1.807) is 0 Å². The Morgan fingerprint density at radius 1 is 0.815 bits per heavy atom. The third-order valence-corrected chi connectivity index (χ3v) is 3.49. The molecule has 7 N–H and O–H groups in total. The fraction of sp³-hybridized carbons (Fsp3) is 0.688. The van der Waals surface area contributed by atoms with Crippen LogP contribution in [-0.2, 0) is 24.0 Å². The molecule has 0 saturated carbocycles. The Bertz CT molecular complexity index is 577. The number of aliphatic carboxylic acids is 2. The van der Waals surface area contributed by atoms with Crippen LogP contribution in [0.1, 0.15) is 40.5 Å². The maximum atomic E-state index is 12.5. The second-order valence-corrected chi connectivity index (χ2v) is 6.71. The largest absolute Gasteiger partial charge is 0.481 e. The van der Waals surface area contributed by atoms with E-state index >= 15 is 0 Å². The highest BCUT2D eigenvalue weighted by Crippen LogP contribution is 2.07. The van der Waals surface area contributed by atoms with Gasteiger partial charge in [0.25, 0.3) is 0 Å². The first-order chi connectivity index (χ1) is 12.3. The molecule has 0 aliphatic heterocycles. The van der Waals surface area contributed by atoms with Gasteiger partial charge < -0.3 is 31.9 Å². The number of nitrogens with two attached hydrogens (primary N) is 1. The van der Waals surface area contributed by atoms with Gasteiger partial charge in [0, 0.05) is 0 Å². The highest BCUT2D eigenvalue weighted by molar-refractivity contribution is 5.95. The molecule has 11 heteroatoms. The minimum atomic E-state index is -1.50. The molecule has 0 aromatic carbocycles. The molecule has 0 bridgehead atoms. The van der Waals surface area contributed by atoms with Gasteiger partial charge >= 0.3 is 11.9 Å². The van der Waals surface area contributed by atoms with Crippen LogP contribution in [0.15, 0.2) is 0 Å². The van der Waals surface area contributed by atoms with E-state index in [0.29, 0.717) is 0 Å². The van der Waals surface area contributed by atoms with E-state index in [2.05, 4.69) is 16.0 Å². The quantitative estimate of drug-likeness (QED) is 0.244. The fourth-order valence-electron chi connectivity index (χ4n) is 2.04. The van der Waals surface area contributed by atoms with Crippen molar-refractivity contribution in [2.45, 2.75) is 64.7 Å². The molecule has 4 atom stereocenters. The summed E-state index contributed by atoms with van der Waals surface area (Å²) < 4.78 is 0. The van der Waals surface area contributed by atoms with Crippen molar-refractivity contribution in [3.8, 4) is 0 Å². The van der Waals surface area contributed by atoms with Crippen molar-refractivity contribution in [3.63, 3.8) is 0 Å². The van der Waals surface area contributed by atoms with Gasteiger partial charge in [0.15, 0.2) is 0 Å². The number of hydrogen-bond acceptors (Lipinski definition) is 6. The van der Waals surface area contributed by atoms with E-state index in [4.69, 9.17) is 15.9 Å². The Kier molecular flexibility index (Phi) is 10.0. The molecule has 0 fully saturated rings. The smallest absolute Gasteiger partial charge is 0.325 e. The summed E-state index contributed by atoms with van der Waals surface area (Å²) in [6, 6.07) is -4.65. The zero-order valence-electron chi connectivity index (χ0n) is 15.8. The van der Waals surface area contributed by atoms with Crippen molar-refractivity contribution < 1.29 is 34.2 Å². The number of hydrogen-bond donors (Lipinski definition) is 6. The lowest BCUT2D eigenvalue weighted by atomic mass is 10.0. The zero-order chi connectivity index (χ0) is 21.3. The molecular formula is C16H28N4O7. The lowest BCUT2D eigenvalue weighted by Gasteiger charge is -2.24. The molecule has 0 saturated heterocycles. The molecule has 0 spiro atoms. The van der Waals surface area contributed by atoms with Crippen LogP contribution >= 0.6 is 0 Å². The summed E-state index contributed by atoms with van der Waals surface area (Å²) in [5, 5.41) is 24.6. The molecule has 27 heavy (non-hydrogen) atoms. The van der Waals surface area contributed by atoms with Gasteiger partial charge in [-0.1, -0.05) is 13.8 Å². The molecule has 4 unspecified atom stereocenters. The maximum absolute atomic E-state index is 12.5. The summed E-state index contributed by atoms with van der Waals surface area (Å²) >= 11 is 0. The maximum Gasteiger partial charge on any atom is 0.325 e. The fourth-order valence-corrected chi connectivity index (χ4v) is 2.04. The number of carboxylic acids is 2. The second kappa shape index (κ2) is 11.1. The van der Waals surface area contributed by atoms with Crippen molar-refractivity contribution in [2.24, 2.45) is 11.7 Å². The van der Waals surface area contributed by atoms with Gasteiger partial charge in [-0.05, 0) is 26.2 Å². The minimum absolute atomic E-state index is 0.00733. The predicted molar refractivity (Wildman–Crippen MR) is 94.5 cm³/mol. The normalized spacial score (nSPS) is 15.2. The van der Waals surface area contributed by atoms with E-state index < -0.39 is 60.2 Å². The van der Waals surface area contributed by atoms with E-state index in [-0.39, 0.29) is 12.3 Å². The molecule has 0 radical (unpaired) electrons. The Hall–Kier alpha value is -2.69. The zero-order valence-corrected chi connectivity index (χ0v) is 15.8. The lowest BCUT2D eigenvalue weighted by molar-refractivity contribution is -0.143. The van der Waals surface area contributed by atoms with Crippen molar-refractivity contribution in [2.75, 3.05) is 0 Å². The van der Waals surface area contributed by atoms with E-state index in [0.717, 1.165) is 0 Å². The summed E-state index contributed by atoms with van der Waals surface area (Å²) in [5.74, 6) is -4.96. The monoisotopic (exact) mass is 388 g/mol. The summed E-state index contributed by atoms with van der Waals surface area (Å²) in [7, 11) is 0. The van der Waals surface area contributed by atoms with E-state index in [1.807, 2.05) is 13.8 Å². The van der Waals surface area contributed by atoms with Crippen LogP contribution in [0.5, 0.6) is 0 Å². The van der Waals surface area contributed by atoms with Gasteiger partial charge in [0.1, 0.15) is 18.1 Å². The topological polar surface area (TPSA) is 188 Å². The first kappa shape index (κ1) is 24.3. The average molecular weight is 388 g/mol. The molecule has 0 rings (SSSR count). The van der Waals surface area contributed by atoms with Crippen molar-refractivity contribution in [3.05, 3.63) is 0 Å². The van der Waals surface area contributed by atoms with E-state index in [1.165, 1.54) is 13.8 Å². The lowest BCUT2D eigenvalue weighted by Crippen LogP contribution is -2.57. The SMILES string of the molecule is CC(C)CC(NC(=O)C(C)N)C(=O)NC(CC(=O)O)C(=O)NC(C)C(=O)O. The molecule has 3 amide bonds. The van der Waals surface area contributed by atoms with Gasteiger partial charge in [-0.25, -0.2) is 0 Å². The Morgan fingerprint density at radius 2 is 1.30 bits per heavy atom. The standard InChI is InChI=1S/C16H28N4O7/c1-7(2)5-10(19-13(23)8(3)17)15(25)20-11(6-12(21)22)14(24)18-9(4)16(26)27/h7-11H,5-6,17H2,1-4H3,(H,18,24)(H,19,23)(H,20,25)(H,21,22)(H,26,27). The van der Waals surface area contributed by atoms with Crippen LogP contribution in [0.3, 0.4) is 0 Å². The number of nitrogens with one attached hydrogen (secondary N) is 3. The second-order valence-electron chi connectivity index (χ2n) is 6.71. The van der Waals surface area contributed by atoms with Crippen LogP contribution < -0.4 is 21.7 Å². The first-order valence-corrected chi connectivity index (χ1v) is 8.46. The summed E-state index contributed by atoms with van der Waals surface area (Å²) in [6.45, 7) is 6.26. The third-order valence-electron chi connectivity index (χ3n) is 3.49. The van der Waals surface area contributed by atoms with Crippen LogP contribution in [0, 0.1) is 5.92 Å². The minimum Gasteiger partial charge on any atom is -0.481 e. The molecule has 0 aromatic heterocycles. The van der Waals surface area contributed by atoms with Crippen LogP contribution in [0.4, 0.5) is 0 Å². The Morgan fingerprint density at radius 3 is 1.70 bits per heavy atom. The highest BCUT2D eigenvalue weighted by Gasteiger charge is 2.30. The highest BCUT2D eigenvalue weighted by atomic mass is 16.4.